The average molecular weight is 293 g/mol. The molecular weight excluding hydrogens is 279 g/mol. The maximum atomic E-state index is 13.2. The molecule has 1 rings (SSSR count). The van der Waals surface area contributed by atoms with Crippen molar-refractivity contribution in [2.75, 3.05) is 20.8 Å². The Kier molecular flexibility index (Phi) is 5.20. The maximum Gasteiger partial charge on any atom is 0.420 e. The van der Waals surface area contributed by atoms with Crippen LogP contribution in [0.4, 0.5) is 13.2 Å². The van der Waals surface area contributed by atoms with Gasteiger partial charge in [-0.05, 0) is 11.6 Å². The lowest BCUT2D eigenvalue weighted by atomic mass is 10.00. The Morgan fingerprint density at radius 2 is 2.00 bits per heavy atom. The van der Waals surface area contributed by atoms with Gasteiger partial charge in [0.1, 0.15) is 5.56 Å². The first-order chi connectivity index (χ1) is 9.36. The van der Waals surface area contributed by atoms with Gasteiger partial charge in [-0.1, -0.05) is 6.07 Å². The van der Waals surface area contributed by atoms with Crippen LogP contribution in [0.15, 0.2) is 12.1 Å². The van der Waals surface area contributed by atoms with E-state index in [1.54, 1.807) is 0 Å². The van der Waals surface area contributed by atoms with Gasteiger partial charge in [0.2, 0.25) is 6.41 Å². The summed E-state index contributed by atoms with van der Waals surface area (Å²) < 4.78 is 49.0. The topological polar surface area (TPSA) is 67.8 Å². The van der Waals surface area contributed by atoms with E-state index in [-0.39, 0.29) is 18.7 Å². The molecule has 0 radical (unpaired) electrons. The smallest absolute Gasteiger partial charge is 0.420 e. The molecular formula is C12H14F3NO4. The third-order valence-corrected chi connectivity index (χ3v) is 2.61. The Bertz CT molecular complexity index is 477. The van der Waals surface area contributed by atoms with Crippen molar-refractivity contribution in [3.05, 3.63) is 23.3 Å². The van der Waals surface area contributed by atoms with Crippen LogP contribution < -0.4 is 14.8 Å². The number of hydrogen-bond acceptors (Lipinski definition) is 4. The van der Waals surface area contributed by atoms with Crippen LogP contribution in [0, 0.1) is 0 Å². The summed E-state index contributed by atoms with van der Waals surface area (Å²) in [5.41, 5.74) is -1.52. The monoisotopic (exact) mass is 293 g/mol. The number of carbonyl (C=O) groups is 1. The van der Waals surface area contributed by atoms with Gasteiger partial charge in [0.15, 0.2) is 11.5 Å². The highest BCUT2D eigenvalue weighted by Gasteiger charge is 2.40. The van der Waals surface area contributed by atoms with Crippen molar-refractivity contribution >= 4 is 6.41 Å². The van der Waals surface area contributed by atoms with E-state index in [0.717, 1.165) is 13.2 Å². The standard InChI is InChI=1S/C12H14F3NO4/c1-19-9-4-3-7(8(18)5-16-6-17)10(11(9)20-2)12(13,14)15/h3-4,6,8,18H,5H2,1-2H3,(H,16,17)/t8-/m0/s1. The molecule has 0 unspecified atom stereocenters. The summed E-state index contributed by atoms with van der Waals surface area (Å²) in [7, 11) is 2.29. The highest BCUT2D eigenvalue weighted by molar-refractivity contribution is 5.53. The fourth-order valence-corrected chi connectivity index (χ4v) is 1.78. The minimum absolute atomic E-state index is 0.0980. The number of methoxy groups -OCH3 is 2. The number of aliphatic hydroxyl groups is 1. The van der Waals surface area contributed by atoms with E-state index in [4.69, 9.17) is 9.47 Å². The summed E-state index contributed by atoms with van der Waals surface area (Å²) in [5, 5.41) is 11.9. The highest BCUT2D eigenvalue weighted by Crippen LogP contribution is 2.45. The van der Waals surface area contributed by atoms with Gasteiger partial charge in [0.25, 0.3) is 0 Å². The van der Waals surface area contributed by atoms with Gasteiger partial charge < -0.3 is 19.9 Å². The summed E-state index contributed by atoms with van der Waals surface area (Å²) in [4.78, 5) is 10.2. The van der Waals surface area contributed by atoms with E-state index in [0.29, 0.717) is 0 Å². The quantitative estimate of drug-likeness (QED) is 0.780. The largest absolute Gasteiger partial charge is 0.493 e. The minimum atomic E-state index is -4.74. The van der Waals surface area contributed by atoms with E-state index in [2.05, 4.69) is 5.32 Å². The molecule has 1 amide bonds. The SMILES string of the molecule is COc1ccc([C@@H](O)CNC=O)c(C(F)(F)F)c1OC. The Morgan fingerprint density at radius 3 is 2.45 bits per heavy atom. The second-order valence-electron chi connectivity index (χ2n) is 3.80. The molecule has 0 bridgehead atoms. The van der Waals surface area contributed by atoms with E-state index in [1.807, 2.05) is 0 Å². The van der Waals surface area contributed by atoms with Crippen LogP contribution in [0.1, 0.15) is 17.2 Å². The molecule has 1 aromatic rings. The molecule has 1 atom stereocenters. The molecule has 0 saturated heterocycles. The maximum absolute atomic E-state index is 13.2. The first kappa shape index (κ1) is 16.1. The third kappa shape index (κ3) is 3.32. The van der Waals surface area contributed by atoms with Crippen LogP contribution in [0.3, 0.4) is 0 Å². The normalized spacial score (nSPS) is 12.7. The van der Waals surface area contributed by atoms with Crippen LogP contribution in [0.25, 0.3) is 0 Å². The van der Waals surface area contributed by atoms with Crippen molar-refractivity contribution in [1.29, 1.82) is 0 Å². The van der Waals surface area contributed by atoms with E-state index < -0.39 is 29.2 Å². The Morgan fingerprint density at radius 1 is 1.35 bits per heavy atom. The molecule has 5 nitrogen and oxygen atoms in total. The van der Waals surface area contributed by atoms with Crippen molar-refractivity contribution in [3.8, 4) is 11.5 Å². The van der Waals surface area contributed by atoms with Crippen molar-refractivity contribution in [2.45, 2.75) is 12.3 Å². The van der Waals surface area contributed by atoms with Gasteiger partial charge in [0, 0.05) is 6.54 Å². The van der Waals surface area contributed by atoms with E-state index in [1.165, 1.54) is 13.2 Å². The fourth-order valence-electron chi connectivity index (χ4n) is 1.78. The molecule has 0 saturated carbocycles. The number of carbonyl (C=O) groups excluding carboxylic acids is 1. The Hall–Kier alpha value is -1.96. The van der Waals surface area contributed by atoms with Gasteiger partial charge in [-0.15, -0.1) is 0 Å². The number of nitrogens with one attached hydrogen (secondary N) is 1. The Balaban J connectivity index is 3.40. The highest BCUT2D eigenvalue weighted by atomic mass is 19.4. The van der Waals surface area contributed by atoms with Crippen LogP contribution in [0.2, 0.25) is 0 Å². The number of alkyl halides is 3. The molecule has 0 fully saturated rings. The van der Waals surface area contributed by atoms with E-state index >= 15 is 0 Å². The van der Waals surface area contributed by atoms with Gasteiger partial charge >= 0.3 is 6.18 Å². The fraction of sp³-hybridized carbons (Fsp3) is 0.417. The molecule has 112 valence electrons. The zero-order chi connectivity index (χ0) is 15.3. The molecule has 0 spiro atoms. The summed E-state index contributed by atoms with van der Waals surface area (Å²) in [6.07, 6.45) is -5.97. The van der Waals surface area contributed by atoms with Crippen LogP contribution in [-0.2, 0) is 11.0 Å². The number of rotatable bonds is 6. The number of aliphatic hydroxyl groups excluding tert-OH is 1. The van der Waals surface area contributed by atoms with Crippen LogP contribution in [-0.4, -0.2) is 32.3 Å². The zero-order valence-corrected chi connectivity index (χ0v) is 10.8. The molecule has 0 heterocycles. The number of hydrogen-bond donors (Lipinski definition) is 2. The lowest BCUT2D eigenvalue weighted by Gasteiger charge is -2.21. The molecule has 0 aromatic heterocycles. The lowest BCUT2D eigenvalue weighted by Crippen LogP contribution is -2.23. The minimum Gasteiger partial charge on any atom is -0.493 e. The van der Waals surface area contributed by atoms with Crippen molar-refractivity contribution < 1.29 is 32.5 Å². The number of halogens is 3. The van der Waals surface area contributed by atoms with Crippen LogP contribution in [0.5, 0.6) is 11.5 Å². The second kappa shape index (κ2) is 6.47. The average Bonchev–Trinajstić information content (AvgIpc) is 2.41. The van der Waals surface area contributed by atoms with Gasteiger partial charge in [-0.2, -0.15) is 13.2 Å². The molecule has 20 heavy (non-hydrogen) atoms. The summed E-state index contributed by atoms with van der Waals surface area (Å²) in [6, 6.07) is 2.34. The van der Waals surface area contributed by atoms with E-state index in [9.17, 15) is 23.1 Å². The van der Waals surface area contributed by atoms with Gasteiger partial charge in [-0.3, -0.25) is 4.79 Å². The van der Waals surface area contributed by atoms with Crippen molar-refractivity contribution in [3.63, 3.8) is 0 Å². The van der Waals surface area contributed by atoms with Gasteiger partial charge in [0.05, 0.1) is 20.3 Å². The Labute approximate surface area is 113 Å². The first-order valence-electron chi connectivity index (χ1n) is 5.54. The predicted molar refractivity (Wildman–Crippen MR) is 63.6 cm³/mol. The molecule has 8 heteroatoms. The summed E-state index contributed by atoms with van der Waals surface area (Å²) in [6.45, 7) is -0.345. The zero-order valence-electron chi connectivity index (χ0n) is 10.8. The predicted octanol–water partition coefficient (Wildman–Crippen LogP) is 1.50. The first-order valence-corrected chi connectivity index (χ1v) is 5.54. The summed E-state index contributed by atoms with van der Waals surface area (Å²) >= 11 is 0. The molecule has 2 N–H and O–H groups in total. The molecule has 1 aromatic carbocycles. The van der Waals surface area contributed by atoms with Crippen molar-refractivity contribution in [1.82, 2.24) is 5.32 Å². The van der Waals surface area contributed by atoms with Gasteiger partial charge in [-0.25, -0.2) is 0 Å². The number of amides is 1. The lowest BCUT2D eigenvalue weighted by molar-refractivity contribution is -0.140. The number of ether oxygens (including phenoxy) is 2. The second-order valence-corrected chi connectivity index (χ2v) is 3.80. The molecule has 0 aliphatic heterocycles. The summed E-state index contributed by atoms with van der Waals surface area (Å²) in [5.74, 6) is -0.609. The molecule has 0 aliphatic carbocycles. The van der Waals surface area contributed by atoms with Crippen LogP contribution >= 0.6 is 0 Å². The third-order valence-electron chi connectivity index (χ3n) is 2.61. The van der Waals surface area contributed by atoms with Crippen molar-refractivity contribution in [2.24, 2.45) is 0 Å². The number of benzene rings is 1. The molecule has 0 aliphatic rings.